The molecule has 3 aliphatic heterocycles. The van der Waals surface area contributed by atoms with Crippen molar-refractivity contribution in [2.75, 3.05) is 12.0 Å². The fraction of sp³-hybridized carbons (Fsp3) is 0.400. The van der Waals surface area contributed by atoms with E-state index in [-0.39, 0.29) is 17.1 Å². The summed E-state index contributed by atoms with van der Waals surface area (Å²) in [5.74, 6) is -5.06. The molecule has 2 bridgehead atoms. The van der Waals surface area contributed by atoms with Gasteiger partial charge < -0.3 is 18.9 Å². The molecule has 1 aromatic rings. The number of fused-ring (bicyclic) bond motifs is 5. The number of rotatable bonds is 6. The van der Waals surface area contributed by atoms with Crippen molar-refractivity contribution in [3.63, 3.8) is 0 Å². The van der Waals surface area contributed by atoms with Gasteiger partial charge in [0.05, 0.1) is 41.7 Å². The second-order valence-corrected chi connectivity index (χ2v) is 7.47. The lowest BCUT2D eigenvalue weighted by Gasteiger charge is -2.34. The lowest BCUT2D eigenvalue weighted by molar-refractivity contribution is -0.384. The van der Waals surface area contributed by atoms with Crippen LogP contribution in [0.2, 0.25) is 0 Å². The Balaban J connectivity index is 1.76. The maximum Gasteiger partial charge on any atom is 0.305 e. The molecule has 32 heavy (non-hydrogen) atoms. The summed E-state index contributed by atoms with van der Waals surface area (Å²) in [5, 5.41) is 11.1. The first-order valence-electron chi connectivity index (χ1n) is 9.52. The fourth-order valence-corrected chi connectivity index (χ4v) is 4.42. The van der Waals surface area contributed by atoms with E-state index >= 15 is 0 Å². The van der Waals surface area contributed by atoms with Gasteiger partial charge in [0.2, 0.25) is 11.8 Å². The number of nitro groups is 1. The highest BCUT2D eigenvalue weighted by molar-refractivity contribution is 6.24. The Morgan fingerprint density at radius 2 is 1.84 bits per heavy atom. The third kappa shape index (κ3) is 3.02. The zero-order valence-corrected chi connectivity index (χ0v) is 17.2. The molecule has 4 rings (SSSR count). The van der Waals surface area contributed by atoms with Crippen molar-refractivity contribution in [3.05, 3.63) is 40.5 Å². The van der Waals surface area contributed by atoms with E-state index in [9.17, 15) is 29.3 Å². The number of esters is 2. The second kappa shape index (κ2) is 7.41. The van der Waals surface area contributed by atoms with E-state index in [2.05, 4.69) is 0 Å². The van der Waals surface area contributed by atoms with Crippen LogP contribution >= 0.6 is 0 Å². The van der Waals surface area contributed by atoms with Crippen molar-refractivity contribution in [3.8, 4) is 5.75 Å². The van der Waals surface area contributed by atoms with Crippen LogP contribution in [0.1, 0.15) is 13.8 Å². The largest absolute Gasteiger partial charge is 0.494 e. The zero-order valence-electron chi connectivity index (χ0n) is 17.2. The Bertz CT molecular complexity index is 1070. The highest BCUT2D eigenvalue weighted by atomic mass is 16.7. The van der Waals surface area contributed by atoms with Crippen LogP contribution in [-0.4, -0.2) is 53.8 Å². The van der Waals surface area contributed by atoms with Crippen LogP contribution in [0.15, 0.2) is 30.4 Å². The van der Waals surface area contributed by atoms with Gasteiger partial charge in [0.25, 0.3) is 12.0 Å². The number of nitrogens with zero attached hydrogens (tertiary/aromatic N) is 2. The fourth-order valence-electron chi connectivity index (χ4n) is 4.42. The predicted molar refractivity (Wildman–Crippen MR) is 103 cm³/mol. The normalized spacial score (nSPS) is 27.6. The van der Waals surface area contributed by atoms with E-state index in [0.29, 0.717) is 0 Å². The van der Waals surface area contributed by atoms with Gasteiger partial charge in [0.15, 0.2) is 5.60 Å². The Labute approximate surface area is 180 Å². The summed E-state index contributed by atoms with van der Waals surface area (Å²) >= 11 is 0. The maximum atomic E-state index is 13.5. The molecule has 2 amide bonds. The number of carbonyl (C=O) groups excluding carboxylic acids is 4. The summed E-state index contributed by atoms with van der Waals surface area (Å²) in [6, 6.07) is 3.49. The zero-order chi connectivity index (χ0) is 23.4. The van der Waals surface area contributed by atoms with Crippen LogP contribution in [0.25, 0.3) is 0 Å². The molecule has 4 atom stereocenters. The molecule has 0 radical (unpaired) electrons. The van der Waals surface area contributed by atoms with Gasteiger partial charge in [-0.25, -0.2) is 4.90 Å². The number of hydrogen-bond acceptors (Lipinski definition) is 10. The van der Waals surface area contributed by atoms with Gasteiger partial charge in [-0.2, -0.15) is 0 Å². The van der Waals surface area contributed by atoms with Crippen LogP contribution in [0, 0.1) is 22.0 Å². The molecule has 12 heteroatoms. The molecule has 3 aliphatic rings. The first-order valence-corrected chi connectivity index (χ1v) is 9.52. The van der Waals surface area contributed by atoms with Crippen LogP contribution in [0.3, 0.4) is 0 Å². The molecule has 168 valence electrons. The van der Waals surface area contributed by atoms with Gasteiger partial charge >= 0.3 is 11.9 Å². The molecule has 0 spiro atoms. The Morgan fingerprint density at radius 3 is 2.41 bits per heavy atom. The van der Waals surface area contributed by atoms with Gasteiger partial charge in [-0.05, 0) is 12.1 Å². The molecule has 0 unspecified atom stereocenters. The highest BCUT2D eigenvalue weighted by Gasteiger charge is 2.72. The number of nitro benzene ring substituents is 1. The Hall–Kier alpha value is -3.80. The number of hydrogen-bond donors (Lipinski definition) is 0. The van der Waals surface area contributed by atoms with Crippen LogP contribution in [-0.2, 0) is 33.4 Å². The summed E-state index contributed by atoms with van der Waals surface area (Å²) in [4.78, 5) is 61.3. The van der Waals surface area contributed by atoms with Gasteiger partial charge in [-0.1, -0.05) is 6.08 Å². The monoisotopic (exact) mass is 446 g/mol. The molecule has 2 fully saturated rings. The summed E-state index contributed by atoms with van der Waals surface area (Å²) in [6.45, 7) is 2.21. The first-order chi connectivity index (χ1) is 15.1. The molecular formula is C20H18N2O10. The average molecular weight is 446 g/mol. The minimum absolute atomic E-state index is 0.0218. The average Bonchev–Trinajstić information content (AvgIpc) is 3.37. The van der Waals surface area contributed by atoms with Crippen LogP contribution < -0.4 is 9.64 Å². The molecule has 1 aromatic carbocycles. The van der Waals surface area contributed by atoms with E-state index in [1.807, 2.05) is 0 Å². The van der Waals surface area contributed by atoms with Crippen molar-refractivity contribution in [2.45, 2.75) is 31.8 Å². The van der Waals surface area contributed by atoms with Crippen molar-refractivity contribution in [1.29, 1.82) is 0 Å². The van der Waals surface area contributed by atoms with Gasteiger partial charge in [0, 0.05) is 19.9 Å². The van der Waals surface area contributed by atoms with Gasteiger partial charge in [0.1, 0.15) is 5.75 Å². The van der Waals surface area contributed by atoms with Gasteiger partial charge in [-0.3, -0.25) is 29.3 Å². The summed E-state index contributed by atoms with van der Waals surface area (Å²) in [6.07, 6.45) is 0.586. The van der Waals surface area contributed by atoms with Crippen LogP contribution in [0.4, 0.5) is 11.4 Å². The highest BCUT2D eigenvalue weighted by Crippen LogP contribution is 2.55. The molecule has 2 saturated heterocycles. The summed E-state index contributed by atoms with van der Waals surface area (Å²) < 4.78 is 21.3. The minimum atomic E-state index is -1.69. The second-order valence-electron chi connectivity index (χ2n) is 7.47. The predicted octanol–water partition coefficient (Wildman–Crippen LogP) is 0.869. The molecular weight excluding hydrogens is 428 g/mol. The molecule has 12 nitrogen and oxygen atoms in total. The lowest BCUT2D eigenvalue weighted by Crippen LogP contribution is -2.52. The molecule has 3 heterocycles. The van der Waals surface area contributed by atoms with E-state index in [1.165, 1.54) is 19.3 Å². The Kier molecular flexibility index (Phi) is 4.96. The van der Waals surface area contributed by atoms with Crippen molar-refractivity contribution in [2.24, 2.45) is 11.8 Å². The summed E-state index contributed by atoms with van der Waals surface area (Å²) in [5.41, 5.74) is -1.95. The smallest absolute Gasteiger partial charge is 0.305 e. The van der Waals surface area contributed by atoms with Crippen molar-refractivity contribution >= 4 is 35.1 Å². The quantitative estimate of drug-likeness (QED) is 0.154. The maximum absolute atomic E-state index is 13.5. The third-order valence-corrected chi connectivity index (χ3v) is 5.61. The van der Waals surface area contributed by atoms with Gasteiger partial charge in [-0.15, -0.1) is 0 Å². The number of carbonyl (C=O) groups is 4. The Morgan fingerprint density at radius 1 is 1.19 bits per heavy atom. The van der Waals surface area contributed by atoms with Crippen LogP contribution in [0.5, 0.6) is 5.75 Å². The standard InChI is InChI=1S/C20H18N2O10/c1-9(23)30-19(31-10(2)24)20-7-6-13(32-20)15-16(20)18(26)21(17(15)25)12-5-4-11(22(27)28)8-14(12)29-3/h4-8,13,15-16,19H,1-3H3/t13-,15-,16-,20-/m1/s1. The third-order valence-electron chi connectivity index (χ3n) is 5.61. The number of anilines is 1. The number of methoxy groups -OCH3 is 1. The van der Waals surface area contributed by atoms with Crippen molar-refractivity contribution in [1.82, 2.24) is 0 Å². The summed E-state index contributed by atoms with van der Waals surface area (Å²) in [7, 11) is 1.25. The number of amides is 2. The molecule has 0 N–H and O–H groups in total. The topological polar surface area (TPSA) is 152 Å². The number of non-ortho nitro benzene ring substituents is 1. The van der Waals surface area contributed by atoms with E-state index in [4.69, 9.17) is 18.9 Å². The molecule has 0 saturated carbocycles. The molecule has 0 aromatic heterocycles. The SMILES string of the molecule is COc1cc([N+](=O)[O-])ccc1N1C(=O)[C@@H]2[C@H]3C=C[C@@](C(OC(C)=O)OC(C)=O)(O3)[C@H]2C1=O. The minimum Gasteiger partial charge on any atom is -0.494 e. The van der Waals surface area contributed by atoms with E-state index in [0.717, 1.165) is 30.9 Å². The van der Waals surface area contributed by atoms with E-state index < -0.39 is 58.5 Å². The molecule has 0 aliphatic carbocycles. The number of imide groups is 1. The first kappa shape index (κ1) is 21.4. The van der Waals surface area contributed by atoms with Crippen molar-refractivity contribution < 1.29 is 43.0 Å². The van der Waals surface area contributed by atoms with E-state index in [1.54, 1.807) is 6.08 Å². The number of benzene rings is 1. The number of ether oxygens (including phenoxy) is 4. The lowest BCUT2D eigenvalue weighted by atomic mass is 9.76.